The van der Waals surface area contributed by atoms with E-state index >= 15 is 0 Å². The fraction of sp³-hybridized carbons (Fsp3) is 0.571. The van der Waals surface area contributed by atoms with E-state index in [1.165, 1.54) is 0 Å². The van der Waals surface area contributed by atoms with Crippen molar-refractivity contribution in [3.63, 3.8) is 0 Å². The van der Waals surface area contributed by atoms with Crippen LogP contribution in [-0.4, -0.2) is 23.4 Å². The lowest BCUT2D eigenvalue weighted by Gasteiger charge is -2.36. The van der Waals surface area contributed by atoms with E-state index in [9.17, 15) is 5.11 Å². The zero-order chi connectivity index (χ0) is 14.0. The summed E-state index contributed by atoms with van der Waals surface area (Å²) in [4.78, 5) is 0. The Kier molecular flexibility index (Phi) is 4.93. The van der Waals surface area contributed by atoms with Crippen molar-refractivity contribution >= 4 is 31.9 Å². The predicted molar refractivity (Wildman–Crippen MR) is 83.4 cm³/mol. The van der Waals surface area contributed by atoms with Gasteiger partial charge in [-0.3, -0.25) is 0 Å². The highest BCUT2D eigenvalue weighted by Gasteiger charge is 2.28. The van der Waals surface area contributed by atoms with Crippen LogP contribution in [0.3, 0.4) is 0 Å². The number of nitrogens with one attached hydrogen (secondary N) is 1. The van der Waals surface area contributed by atoms with Crippen LogP contribution in [0.4, 0.5) is 0 Å². The second-order valence-electron chi connectivity index (χ2n) is 5.59. The molecule has 5 heteroatoms. The zero-order valence-corrected chi connectivity index (χ0v) is 14.3. The normalized spacial score (nSPS) is 22.4. The van der Waals surface area contributed by atoms with Crippen LogP contribution >= 0.6 is 31.9 Å². The van der Waals surface area contributed by atoms with Gasteiger partial charge in [0.25, 0.3) is 0 Å². The molecule has 19 heavy (non-hydrogen) atoms. The molecule has 2 rings (SSSR count). The van der Waals surface area contributed by atoms with Crippen LogP contribution in [0, 0.1) is 0 Å². The number of hydrogen-bond donors (Lipinski definition) is 2. The molecule has 1 unspecified atom stereocenters. The van der Waals surface area contributed by atoms with Gasteiger partial charge in [-0.1, -0.05) is 0 Å². The molecule has 1 aliphatic heterocycles. The maximum atomic E-state index is 9.69. The third kappa shape index (κ3) is 4.18. The fourth-order valence-corrected chi connectivity index (χ4v) is 3.67. The maximum Gasteiger partial charge on any atom is 0.143 e. The summed E-state index contributed by atoms with van der Waals surface area (Å²) in [7, 11) is 0. The Morgan fingerprint density at radius 2 is 2.00 bits per heavy atom. The SMILES string of the molecule is CC1(C)CC(NCc2cc(Br)c(O)c(Br)c2)CCO1. The Morgan fingerprint density at radius 1 is 1.37 bits per heavy atom. The lowest BCUT2D eigenvalue weighted by molar-refractivity contribution is -0.0630. The number of phenolic OH excluding ortho intramolecular Hbond substituents is 1. The van der Waals surface area contributed by atoms with Crippen molar-refractivity contribution in [2.24, 2.45) is 0 Å². The molecule has 0 radical (unpaired) electrons. The maximum absolute atomic E-state index is 9.69. The summed E-state index contributed by atoms with van der Waals surface area (Å²) >= 11 is 6.71. The number of ether oxygens (including phenoxy) is 1. The van der Waals surface area contributed by atoms with Gasteiger partial charge in [-0.25, -0.2) is 0 Å². The predicted octanol–water partition coefficient (Wildman–Crippen LogP) is 3.96. The van der Waals surface area contributed by atoms with Crippen LogP contribution in [0.25, 0.3) is 0 Å². The molecule has 2 N–H and O–H groups in total. The van der Waals surface area contributed by atoms with E-state index < -0.39 is 0 Å². The van der Waals surface area contributed by atoms with Crippen molar-refractivity contribution < 1.29 is 9.84 Å². The Hall–Kier alpha value is -0.100. The first kappa shape index (κ1) is 15.3. The molecule has 0 bridgehead atoms. The molecule has 0 aliphatic carbocycles. The lowest BCUT2D eigenvalue weighted by atomic mass is 9.94. The molecule has 3 nitrogen and oxygen atoms in total. The molecule has 0 saturated carbocycles. The third-order valence-corrected chi connectivity index (χ3v) is 4.58. The van der Waals surface area contributed by atoms with E-state index in [0.717, 1.165) is 31.6 Å². The quantitative estimate of drug-likeness (QED) is 0.817. The second-order valence-corrected chi connectivity index (χ2v) is 7.30. The number of phenols is 1. The third-order valence-electron chi connectivity index (χ3n) is 3.37. The Labute approximate surface area is 131 Å². The van der Waals surface area contributed by atoms with Gasteiger partial charge in [0.1, 0.15) is 5.75 Å². The summed E-state index contributed by atoms with van der Waals surface area (Å²) in [5.41, 5.74) is 1.10. The first-order valence-electron chi connectivity index (χ1n) is 6.41. The number of aromatic hydroxyl groups is 1. The molecule has 1 aliphatic rings. The second kappa shape index (κ2) is 6.12. The van der Waals surface area contributed by atoms with Crippen LogP contribution < -0.4 is 5.32 Å². The molecule has 0 aromatic heterocycles. The van der Waals surface area contributed by atoms with E-state index in [0.29, 0.717) is 15.0 Å². The minimum atomic E-state index is -0.0357. The van der Waals surface area contributed by atoms with E-state index in [4.69, 9.17) is 4.74 Å². The largest absolute Gasteiger partial charge is 0.506 e. The van der Waals surface area contributed by atoms with Crippen LogP contribution in [0.2, 0.25) is 0 Å². The summed E-state index contributed by atoms with van der Waals surface area (Å²) in [5, 5.41) is 13.2. The van der Waals surface area contributed by atoms with Gasteiger partial charge in [-0.2, -0.15) is 0 Å². The van der Waals surface area contributed by atoms with Gasteiger partial charge in [-0.05, 0) is 76.2 Å². The van der Waals surface area contributed by atoms with Gasteiger partial charge >= 0.3 is 0 Å². The van der Waals surface area contributed by atoms with Crippen LogP contribution in [-0.2, 0) is 11.3 Å². The van der Waals surface area contributed by atoms with Crippen molar-refractivity contribution in [3.05, 3.63) is 26.6 Å². The van der Waals surface area contributed by atoms with Crippen LogP contribution in [0.15, 0.2) is 21.1 Å². The Bertz CT molecular complexity index is 440. The van der Waals surface area contributed by atoms with Gasteiger partial charge in [-0.15, -0.1) is 0 Å². The first-order chi connectivity index (χ1) is 8.87. The van der Waals surface area contributed by atoms with Crippen molar-refractivity contribution in [2.75, 3.05) is 6.61 Å². The molecule has 1 heterocycles. The van der Waals surface area contributed by atoms with Gasteiger partial charge < -0.3 is 15.2 Å². The average molecular weight is 393 g/mol. The number of halogens is 2. The smallest absolute Gasteiger partial charge is 0.143 e. The Morgan fingerprint density at radius 3 is 2.58 bits per heavy atom. The minimum absolute atomic E-state index is 0.0357. The van der Waals surface area contributed by atoms with Crippen molar-refractivity contribution in [1.29, 1.82) is 0 Å². The molecule has 1 fully saturated rings. The minimum Gasteiger partial charge on any atom is -0.506 e. The summed E-state index contributed by atoms with van der Waals surface area (Å²) in [5.74, 6) is 0.246. The molecule has 1 saturated heterocycles. The topological polar surface area (TPSA) is 41.5 Å². The zero-order valence-electron chi connectivity index (χ0n) is 11.2. The Balaban J connectivity index is 1.95. The standard InChI is InChI=1S/C14H19Br2NO2/c1-14(2)7-10(3-4-19-14)17-8-9-5-11(15)13(18)12(16)6-9/h5-6,10,17-18H,3-4,7-8H2,1-2H3. The summed E-state index contributed by atoms with van der Waals surface area (Å²) < 4.78 is 7.14. The molecule has 1 aromatic carbocycles. The van der Waals surface area contributed by atoms with Gasteiger partial charge in [0, 0.05) is 19.2 Å². The molecule has 1 aromatic rings. The van der Waals surface area contributed by atoms with Gasteiger partial charge in [0.15, 0.2) is 0 Å². The lowest BCUT2D eigenvalue weighted by Crippen LogP contribution is -2.43. The molecular formula is C14H19Br2NO2. The molecule has 0 amide bonds. The summed E-state index contributed by atoms with van der Waals surface area (Å²) in [6.45, 7) is 5.87. The number of hydrogen-bond acceptors (Lipinski definition) is 3. The first-order valence-corrected chi connectivity index (χ1v) is 8.00. The van der Waals surface area contributed by atoms with Crippen molar-refractivity contribution in [2.45, 2.75) is 44.9 Å². The molecule has 106 valence electrons. The number of rotatable bonds is 3. The highest BCUT2D eigenvalue weighted by Crippen LogP contribution is 2.33. The average Bonchev–Trinajstić information content (AvgIpc) is 2.32. The monoisotopic (exact) mass is 391 g/mol. The molecule has 0 spiro atoms. The molecule has 1 atom stereocenters. The van der Waals surface area contributed by atoms with Crippen LogP contribution in [0.1, 0.15) is 32.3 Å². The van der Waals surface area contributed by atoms with Crippen LogP contribution in [0.5, 0.6) is 5.75 Å². The summed E-state index contributed by atoms with van der Waals surface area (Å²) in [6, 6.07) is 4.37. The van der Waals surface area contributed by atoms with Gasteiger partial charge in [0.2, 0.25) is 0 Å². The van der Waals surface area contributed by atoms with Gasteiger partial charge in [0.05, 0.1) is 14.5 Å². The van der Waals surface area contributed by atoms with E-state index in [1.807, 2.05) is 12.1 Å². The van der Waals surface area contributed by atoms with E-state index in [1.54, 1.807) is 0 Å². The van der Waals surface area contributed by atoms with E-state index in [-0.39, 0.29) is 11.4 Å². The summed E-state index contributed by atoms with van der Waals surface area (Å²) in [6.07, 6.45) is 2.07. The fourth-order valence-electron chi connectivity index (χ4n) is 2.39. The highest BCUT2D eigenvalue weighted by atomic mass is 79.9. The number of benzene rings is 1. The van der Waals surface area contributed by atoms with Crippen molar-refractivity contribution in [3.8, 4) is 5.75 Å². The van der Waals surface area contributed by atoms with Crippen molar-refractivity contribution in [1.82, 2.24) is 5.32 Å². The highest BCUT2D eigenvalue weighted by molar-refractivity contribution is 9.11. The van der Waals surface area contributed by atoms with E-state index in [2.05, 4.69) is 51.0 Å². The molecular weight excluding hydrogens is 374 g/mol.